The second kappa shape index (κ2) is 4.79. The Bertz CT molecular complexity index is 458. The molecular formula is C13H16N2O4. The quantitative estimate of drug-likeness (QED) is 0.540. The van der Waals surface area contributed by atoms with Crippen molar-refractivity contribution in [1.29, 1.82) is 0 Å². The summed E-state index contributed by atoms with van der Waals surface area (Å²) >= 11 is 0. The van der Waals surface area contributed by atoms with E-state index >= 15 is 0 Å². The molecule has 0 aliphatic carbocycles. The van der Waals surface area contributed by atoms with Crippen LogP contribution < -0.4 is 4.73 Å². The number of piperidine rings is 1. The number of aromatic nitrogens is 1. The molecule has 2 saturated heterocycles. The van der Waals surface area contributed by atoms with Crippen LogP contribution in [0.3, 0.4) is 0 Å². The summed E-state index contributed by atoms with van der Waals surface area (Å²) in [6.45, 7) is 2.50. The van der Waals surface area contributed by atoms with Crippen molar-refractivity contribution in [2.24, 2.45) is 0 Å². The van der Waals surface area contributed by atoms with E-state index in [-0.39, 0.29) is 5.91 Å². The molecule has 1 aromatic rings. The van der Waals surface area contributed by atoms with Gasteiger partial charge in [-0.2, -0.15) is 4.73 Å². The first-order chi connectivity index (χ1) is 9.19. The standard InChI is InChI=1S/C13H16N2O4/c16-12(11-1-5-15(17)6-2-11)14-7-3-13(4-8-14)18-9-10-19-13/h1-2,5-6H,3-4,7-10H2. The lowest BCUT2D eigenvalue weighted by molar-refractivity contribution is -0.605. The zero-order valence-corrected chi connectivity index (χ0v) is 10.6. The molecule has 1 amide bonds. The predicted molar refractivity (Wildman–Crippen MR) is 65.2 cm³/mol. The third-order valence-electron chi connectivity index (χ3n) is 3.68. The SMILES string of the molecule is O=C(c1cc[n+]([O-])cc1)N1CCC2(CC1)OCCO2. The third kappa shape index (κ3) is 2.41. The van der Waals surface area contributed by atoms with E-state index in [2.05, 4.69) is 0 Å². The van der Waals surface area contributed by atoms with Gasteiger partial charge in [0.05, 0.1) is 18.8 Å². The molecule has 0 aromatic carbocycles. The molecule has 0 N–H and O–H groups in total. The van der Waals surface area contributed by atoms with E-state index in [9.17, 15) is 10.0 Å². The fourth-order valence-electron chi connectivity index (χ4n) is 2.57. The Morgan fingerprint density at radius 3 is 2.37 bits per heavy atom. The van der Waals surface area contributed by atoms with Crippen LogP contribution in [0.25, 0.3) is 0 Å². The molecule has 102 valence electrons. The second-order valence-corrected chi connectivity index (χ2v) is 4.85. The van der Waals surface area contributed by atoms with Gasteiger partial charge in [-0.3, -0.25) is 4.79 Å². The van der Waals surface area contributed by atoms with Crippen LogP contribution in [0, 0.1) is 5.21 Å². The van der Waals surface area contributed by atoms with Crippen LogP contribution in [-0.2, 0) is 9.47 Å². The maximum Gasteiger partial charge on any atom is 0.254 e. The fraction of sp³-hybridized carbons (Fsp3) is 0.538. The molecule has 2 fully saturated rings. The Morgan fingerprint density at radius 1 is 1.21 bits per heavy atom. The number of rotatable bonds is 1. The molecule has 0 atom stereocenters. The van der Waals surface area contributed by atoms with Gasteiger partial charge in [-0.05, 0) is 0 Å². The van der Waals surface area contributed by atoms with Crippen molar-refractivity contribution in [2.45, 2.75) is 18.6 Å². The number of pyridine rings is 1. The van der Waals surface area contributed by atoms with Crippen molar-refractivity contribution < 1.29 is 19.0 Å². The Hall–Kier alpha value is -1.66. The van der Waals surface area contributed by atoms with Crippen molar-refractivity contribution in [3.05, 3.63) is 35.3 Å². The number of nitrogens with zero attached hydrogens (tertiary/aromatic N) is 2. The van der Waals surface area contributed by atoms with Crippen molar-refractivity contribution in [1.82, 2.24) is 4.90 Å². The van der Waals surface area contributed by atoms with E-state index in [0.29, 0.717) is 49.4 Å². The number of likely N-dealkylation sites (tertiary alicyclic amines) is 1. The van der Waals surface area contributed by atoms with Crippen molar-refractivity contribution in [3.63, 3.8) is 0 Å². The lowest BCUT2D eigenvalue weighted by Gasteiger charge is -2.37. The molecular weight excluding hydrogens is 248 g/mol. The van der Waals surface area contributed by atoms with Crippen molar-refractivity contribution >= 4 is 5.91 Å². The molecule has 0 saturated carbocycles. The van der Waals surface area contributed by atoms with Crippen LogP contribution in [0.2, 0.25) is 0 Å². The molecule has 2 aliphatic rings. The van der Waals surface area contributed by atoms with E-state index in [1.165, 1.54) is 12.4 Å². The summed E-state index contributed by atoms with van der Waals surface area (Å²) in [6, 6.07) is 3.09. The van der Waals surface area contributed by atoms with Crippen molar-refractivity contribution in [3.8, 4) is 0 Å². The van der Waals surface area contributed by atoms with Crippen LogP contribution in [0.4, 0.5) is 0 Å². The Labute approximate surface area is 111 Å². The minimum absolute atomic E-state index is 0.0477. The van der Waals surface area contributed by atoms with Crippen LogP contribution in [0.5, 0.6) is 0 Å². The highest BCUT2D eigenvalue weighted by Crippen LogP contribution is 2.31. The topological polar surface area (TPSA) is 65.7 Å². The Kier molecular flexibility index (Phi) is 3.12. The van der Waals surface area contributed by atoms with Gasteiger partial charge in [0.15, 0.2) is 18.2 Å². The number of hydrogen-bond acceptors (Lipinski definition) is 4. The summed E-state index contributed by atoms with van der Waals surface area (Å²) in [5.41, 5.74) is 0.538. The summed E-state index contributed by atoms with van der Waals surface area (Å²) < 4.78 is 11.9. The van der Waals surface area contributed by atoms with Gasteiger partial charge in [0.2, 0.25) is 0 Å². The molecule has 1 spiro atoms. The summed E-state index contributed by atoms with van der Waals surface area (Å²) in [5, 5.41) is 10.9. The monoisotopic (exact) mass is 264 g/mol. The van der Waals surface area contributed by atoms with Crippen LogP contribution in [0.15, 0.2) is 24.5 Å². The van der Waals surface area contributed by atoms with Gasteiger partial charge < -0.3 is 19.6 Å². The average Bonchev–Trinajstić information content (AvgIpc) is 2.88. The Morgan fingerprint density at radius 2 is 1.79 bits per heavy atom. The summed E-state index contributed by atoms with van der Waals surface area (Å²) in [4.78, 5) is 14.0. The lowest BCUT2D eigenvalue weighted by atomic mass is 10.0. The predicted octanol–water partition coefficient (Wildman–Crippen LogP) is 0.299. The van der Waals surface area contributed by atoms with Crippen LogP contribution in [-0.4, -0.2) is 42.9 Å². The van der Waals surface area contributed by atoms with Crippen LogP contribution in [0.1, 0.15) is 23.2 Å². The van der Waals surface area contributed by atoms with Gasteiger partial charge in [-0.15, -0.1) is 0 Å². The highest BCUT2D eigenvalue weighted by atomic mass is 16.7. The van der Waals surface area contributed by atoms with Gasteiger partial charge in [0, 0.05) is 38.1 Å². The van der Waals surface area contributed by atoms with E-state index in [1.54, 1.807) is 17.0 Å². The zero-order valence-electron chi connectivity index (χ0n) is 10.6. The first-order valence-electron chi connectivity index (χ1n) is 6.45. The molecule has 0 radical (unpaired) electrons. The maximum absolute atomic E-state index is 12.2. The first kappa shape index (κ1) is 12.4. The highest BCUT2D eigenvalue weighted by molar-refractivity contribution is 5.94. The van der Waals surface area contributed by atoms with E-state index in [0.717, 1.165) is 0 Å². The molecule has 1 aromatic heterocycles. The summed E-state index contributed by atoms with van der Waals surface area (Å²) in [6.07, 6.45) is 4.07. The van der Waals surface area contributed by atoms with E-state index < -0.39 is 5.79 Å². The third-order valence-corrected chi connectivity index (χ3v) is 3.68. The number of hydrogen-bond donors (Lipinski definition) is 0. The molecule has 3 rings (SSSR count). The fourth-order valence-corrected chi connectivity index (χ4v) is 2.57. The van der Waals surface area contributed by atoms with E-state index in [4.69, 9.17) is 9.47 Å². The molecule has 0 unspecified atom stereocenters. The highest BCUT2D eigenvalue weighted by Gasteiger charge is 2.40. The molecule has 6 heteroatoms. The summed E-state index contributed by atoms with van der Waals surface area (Å²) in [7, 11) is 0. The zero-order chi connectivity index (χ0) is 13.3. The Balaban J connectivity index is 1.64. The van der Waals surface area contributed by atoms with Gasteiger partial charge in [0.25, 0.3) is 5.91 Å². The number of carbonyl (C=O) groups is 1. The normalized spacial score (nSPS) is 21.8. The largest absolute Gasteiger partial charge is 0.619 e. The summed E-state index contributed by atoms with van der Waals surface area (Å²) in [5.74, 6) is -0.514. The number of carbonyl (C=O) groups excluding carboxylic acids is 1. The van der Waals surface area contributed by atoms with Gasteiger partial charge >= 0.3 is 0 Å². The van der Waals surface area contributed by atoms with Crippen molar-refractivity contribution in [2.75, 3.05) is 26.3 Å². The smallest absolute Gasteiger partial charge is 0.254 e. The minimum atomic E-state index is -0.467. The second-order valence-electron chi connectivity index (χ2n) is 4.85. The van der Waals surface area contributed by atoms with Gasteiger partial charge in [0.1, 0.15) is 0 Å². The molecule has 19 heavy (non-hydrogen) atoms. The first-order valence-corrected chi connectivity index (χ1v) is 6.45. The van der Waals surface area contributed by atoms with Gasteiger partial charge in [-0.1, -0.05) is 0 Å². The maximum atomic E-state index is 12.2. The minimum Gasteiger partial charge on any atom is -0.619 e. The molecule has 2 aliphatic heterocycles. The number of amides is 1. The van der Waals surface area contributed by atoms with Gasteiger partial charge in [-0.25, -0.2) is 0 Å². The molecule has 3 heterocycles. The number of ether oxygens (including phenoxy) is 2. The molecule has 0 bridgehead atoms. The molecule has 6 nitrogen and oxygen atoms in total. The average molecular weight is 264 g/mol. The van der Waals surface area contributed by atoms with Crippen LogP contribution >= 0.6 is 0 Å². The lowest BCUT2D eigenvalue weighted by Crippen LogP contribution is -2.47. The van der Waals surface area contributed by atoms with E-state index in [1.807, 2.05) is 0 Å².